The molecule has 0 spiro atoms. The van der Waals surface area contributed by atoms with Gasteiger partial charge >= 0.3 is 0 Å². The normalized spacial score (nSPS) is 11.2. The zero-order valence-electron chi connectivity index (χ0n) is 9.74. The largest absolute Gasteiger partial charge is 0.339 e. The number of aromatic amines is 1. The standard InChI is InChI=1S/C14H12N2O/c1-8-5-12-11-6-10(9(2)17)3-4-13(11)16-14(12)15-7-8/h3-7H,1-2H3,(H,15,16). The summed E-state index contributed by atoms with van der Waals surface area (Å²) >= 11 is 0. The molecule has 0 amide bonds. The first-order valence-electron chi connectivity index (χ1n) is 5.54. The van der Waals surface area contributed by atoms with Gasteiger partial charge in [0.2, 0.25) is 0 Å². The number of benzene rings is 1. The third-order valence-corrected chi connectivity index (χ3v) is 2.99. The Labute approximate surface area is 98.5 Å². The lowest BCUT2D eigenvalue weighted by molar-refractivity contribution is 0.101. The first-order valence-corrected chi connectivity index (χ1v) is 5.54. The monoisotopic (exact) mass is 224 g/mol. The zero-order chi connectivity index (χ0) is 12.0. The van der Waals surface area contributed by atoms with Gasteiger partial charge in [-0.3, -0.25) is 4.79 Å². The summed E-state index contributed by atoms with van der Waals surface area (Å²) in [6.45, 7) is 3.60. The van der Waals surface area contributed by atoms with Crippen LogP contribution in [0.15, 0.2) is 30.5 Å². The van der Waals surface area contributed by atoms with E-state index in [9.17, 15) is 4.79 Å². The number of aromatic nitrogens is 2. The molecule has 1 N–H and O–H groups in total. The fourth-order valence-electron chi connectivity index (χ4n) is 2.10. The van der Waals surface area contributed by atoms with Crippen molar-refractivity contribution in [2.24, 2.45) is 0 Å². The summed E-state index contributed by atoms with van der Waals surface area (Å²) in [6, 6.07) is 7.79. The van der Waals surface area contributed by atoms with Crippen LogP contribution >= 0.6 is 0 Å². The van der Waals surface area contributed by atoms with Crippen LogP contribution in [0.3, 0.4) is 0 Å². The number of Topliss-reactive ketones (excluding diaryl/α,β-unsaturated/α-hetero) is 1. The van der Waals surface area contributed by atoms with Crippen LogP contribution < -0.4 is 0 Å². The van der Waals surface area contributed by atoms with E-state index in [1.54, 1.807) is 6.92 Å². The second kappa shape index (κ2) is 3.42. The van der Waals surface area contributed by atoms with Gasteiger partial charge in [-0.05, 0) is 43.7 Å². The molecule has 17 heavy (non-hydrogen) atoms. The molecule has 0 fully saturated rings. The molecule has 3 aromatic rings. The first-order chi connectivity index (χ1) is 8.15. The number of pyridine rings is 1. The predicted molar refractivity (Wildman–Crippen MR) is 68.3 cm³/mol. The van der Waals surface area contributed by atoms with Gasteiger partial charge in [-0.15, -0.1) is 0 Å². The van der Waals surface area contributed by atoms with Gasteiger partial charge in [0.15, 0.2) is 5.78 Å². The van der Waals surface area contributed by atoms with Gasteiger partial charge in [-0.25, -0.2) is 4.98 Å². The van der Waals surface area contributed by atoms with Gasteiger partial charge in [-0.1, -0.05) is 0 Å². The number of H-pyrrole nitrogens is 1. The Kier molecular flexibility index (Phi) is 2.01. The molecule has 3 rings (SSSR count). The van der Waals surface area contributed by atoms with Crippen LogP contribution in [-0.4, -0.2) is 15.8 Å². The van der Waals surface area contributed by atoms with Crippen LogP contribution in [0.25, 0.3) is 21.9 Å². The minimum absolute atomic E-state index is 0.0851. The van der Waals surface area contributed by atoms with Gasteiger partial charge < -0.3 is 4.98 Å². The van der Waals surface area contributed by atoms with E-state index in [4.69, 9.17) is 0 Å². The molecule has 2 heterocycles. The molecule has 0 saturated heterocycles. The molecule has 1 aromatic carbocycles. The number of ketones is 1. The number of carbonyl (C=O) groups is 1. The number of nitrogens with one attached hydrogen (secondary N) is 1. The van der Waals surface area contributed by atoms with Crippen molar-refractivity contribution in [3.8, 4) is 0 Å². The number of fused-ring (bicyclic) bond motifs is 3. The molecule has 0 aliphatic rings. The second-order valence-corrected chi connectivity index (χ2v) is 4.35. The van der Waals surface area contributed by atoms with Gasteiger partial charge in [0.1, 0.15) is 5.65 Å². The number of hydrogen-bond acceptors (Lipinski definition) is 2. The Morgan fingerprint density at radius 1 is 1.24 bits per heavy atom. The summed E-state index contributed by atoms with van der Waals surface area (Å²) in [5, 5.41) is 2.13. The Balaban J connectivity index is 2.43. The molecule has 2 aromatic heterocycles. The molecule has 0 unspecified atom stereocenters. The first kappa shape index (κ1) is 10.0. The average Bonchev–Trinajstić information content (AvgIpc) is 2.66. The van der Waals surface area contributed by atoms with Crippen molar-refractivity contribution < 1.29 is 4.79 Å². The summed E-state index contributed by atoms with van der Waals surface area (Å²) in [7, 11) is 0. The summed E-state index contributed by atoms with van der Waals surface area (Å²) < 4.78 is 0. The van der Waals surface area contributed by atoms with E-state index in [0.29, 0.717) is 0 Å². The van der Waals surface area contributed by atoms with E-state index < -0.39 is 0 Å². The number of nitrogens with zero attached hydrogens (tertiary/aromatic N) is 1. The van der Waals surface area contributed by atoms with E-state index >= 15 is 0 Å². The van der Waals surface area contributed by atoms with E-state index in [2.05, 4.69) is 16.0 Å². The summed E-state index contributed by atoms with van der Waals surface area (Å²) in [6.07, 6.45) is 1.84. The minimum Gasteiger partial charge on any atom is -0.339 e. The van der Waals surface area contributed by atoms with Crippen molar-refractivity contribution >= 4 is 27.7 Å². The van der Waals surface area contributed by atoms with Gasteiger partial charge in [-0.2, -0.15) is 0 Å². The van der Waals surface area contributed by atoms with Crippen LogP contribution in [0.2, 0.25) is 0 Å². The van der Waals surface area contributed by atoms with Gasteiger partial charge in [0, 0.05) is 28.0 Å². The molecule has 0 aliphatic heterocycles. The second-order valence-electron chi connectivity index (χ2n) is 4.35. The van der Waals surface area contributed by atoms with Crippen molar-refractivity contribution in [1.29, 1.82) is 0 Å². The van der Waals surface area contributed by atoms with Gasteiger partial charge in [0.05, 0.1) is 0 Å². The number of rotatable bonds is 1. The van der Waals surface area contributed by atoms with E-state index in [0.717, 1.165) is 33.1 Å². The number of carbonyl (C=O) groups excluding carboxylic acids is 1. The van der Waals surface area contributed by atoms with Crippen molar-refractivity contribution in [3.05, 3.63) is 41.6 Å². The van der Waals surface area contributed by atoms with E-state index in [-0.39, 0.29) is 5.78 Å². The molecule has 84 valence electrons. The predicted octanol–water partition coefficient (Wildman–Crippen LogP) is 3.23. The molecular weight excluding hydrogens is 212 g/mol. The third kappa shape index (κ3) is 1.51. The molecule has 3 nitrogen and oxygen atoms in total. The number of aryl methyl sites for hydroxylation is 1. The SMILES string of the molecule is CC(=O)c1ccc2[nH]c3ncc(C)cc3c2c1. The van der Waals surface area contributed by atoms with Crippen molar-refractivity contribution in [1.82, 2.24) is 9.97 Å². The topological polar surface area (TPSA) is 45.8 Å². The van der Waals surface area contributed by atoms with Crippen LogP contribution in [-0.2, 0) is 0 Å². The summed E-state index contributed by atoms with van der Waals surface area (Å²) in [5.41, 5.74) is 3.74. The average molecular weight is 224 g/mol. The van der Waals surface area contributed by atoms with Crippen molar-refractivity contribution in [2.45, 2.75) is 13.8 Å². The van der Waals surface area contributed by atoms with Crippen molar-refractivity contribution in [3.63, 3.8) is 0 Å². The molecule has 0 bridgehead atoms. The van der Waals surface area contributed by atoms with E-state index in [1.165, 1.54) is 0 Å². The number of hydrogen-bond donors (Lipinski definition) is 1. The molecule has 0 atom stereocenters. The van der Waals surface area contributed by atoms with Crippen molar-refractivity contribution in [2.75, 3.05) is 0 Å². The molecule has 0 saturated carbocycles. The molecule has 0 radical (unpaired) electrons. The molecular formula is C14H12N2O. The van der Waals surface area contributed by atoms with Crippen LogP contribution in [0.5, 0.6) is 0 Å². The Hall–Kier alpha value is -2.16. The Bertz CT molecular complexity index is 740. The third-order valence-electron chi connectivity index (χ3n) is 2.99. The highest BCUT2D eigenvalue weighted by Gasteiger charge is 2.07. The maximum absolute atomic E-state index is 11.4. The smallest absolute Gasteiger partial charge is 0.159 e. The highest BCUT2D eigenvalue weighted by atomic mass is 16.1. The maximum Gasteiger partial charge on any atom is 0.159 e. The fourth-order valence-corrected chi connectivity index (χ4v) is 2.10. The van der Waals surface area contributed by atoms with Crippen LogP contribution in [0.4, 0.5) is 0 Å². The molecule has 0 aliphatic carbocycles. The van der Waals surface area contributed by atoms with Gasteiger partial charge in [0.25, 0.3) is 0 Å². The van der Waals surface area contributed by atoms with Crippen LogP contribution in [0.1, 0.15) is 22.8 Å². The Morgan fingerprint density at radius 3 is 2.82 bits per heavy atom. The maximum atomic E-state index is 11.4. The molecule has 3 heteroatoms. The highest BCUT2D eigenvalue weighted by Crippen LogP contribution is 2.25. The summed E-state index contributed by atoms with van der Waals surface area (Å²) in [5.74, 6) is 0.0851. The lowest BCUT2D eigenvalue weighted by Crippen LogP contribution is -1.90. The zero-order valence-corrected chi connectivity index (χ0v) is 9.74. The van der Waals surface area contributed by atoms with E-state index in [1.807, 2.05) is 31.3 Å². The Morgan fingerprint density at radius 2 is 2.06 bits per heavy atom. The van der Waals surface area contributed by atoms with Crippen LogP contribution in [0, 0.1) is 6.92 Å². The lowest BCUT2D eigenvalue weighted by atomic mass is 10.1. The quantitative estimate of drug-likeness (QED) is 0.645. The highest BCUT2D eigenvalue weighted by molar-refractivity contribution is 6.09. The lowest BCUT2D eigenvalue weighted by Gasteiger charge is -1.96. The fraction of sp³-hybridized carbons (Fsp3) is 0.143. The minimum atomic E-state index is 0.0851. The summed E-state index contributed by atoms with van der Waals surface area (Å²) in [4.78, 5) is 19.0.